The highest BCUT2D eigenvalue weighted by Gasteiger charge is 2.49. The van der Waals surface area contributed by atoms with Crippen LogP contribution in [0.4, 0.5) is 13.2 Å². The average Bonchev–Trinajstić information content (AvgIpc) is 3.00. The first kappa shape index (κ1) is 17.4. The van der Waals surface area contributed by atoms with Crippen LogP contribution in [0.3, 0.4) is 0 Å². The molecular formula is C19H17F3O3S. The molecule has 0 spiro atoms. The van der Waals surface area contributed by atoms with Crippen molar-refractivity contribution in [2.75, 3.05) is 0 Å². The minimum Gasteiger partial charge on any atom is -0.380 e. The molecule has 0 heterocycles. The maximum atomic E-state index is 12.7. The fourth-order valence-electron chi connectivity index (χ4n) is 3.94. The van der Waals surface area contributed by atoms with Crippen LogP contribution in [0.2, 0.25) is 0 Å². The van der Waals surface area contributed by atoms with E-state index < -0.39 is 15.6 Å². The first-order valence-corrected chi connectivity index (χ1v) is 9.95. The SMILES string of the molecule is O=S(=O)(OC1=C(c2ccc3c4c(cccc24)CC3)CCCC1)C(F)(F)F. The predicted molar refractivity (Wildman–Crippen MR) is 92.8 cm³/mol. The quantitative estimate of drug-likeness (QED) is 0.549. The number of benzene rings is 2. The van der Waals surface area contributed by atoms with Crippen LogP contribution < -0.4 is 0 Å². The van der Waals surface area contributed by atoms with Crippen LogP contribution in [0.1, 0.15) is 42.4 Å². The molecule has 2 aromatic carbocycles. The predicted octanol–water partition coefficient (Wildman–Crippen LogP) is 5.09. The van der Waals surface area contributed by atoms with Crippen molar-refractivity contribution in [2.45, 2.75) is 44.0 Å². The minimum absolute atomic E-state index is 0.0766. The minimum atomic E-state index is -5.65. The van der Waals surface area contributed by atoms with Gasteiger partial charge in [0.2, 0.25) is 0 Å². The molecule has 0 saturated carbocycles. The van der Waals surface area contributed by atoms with E-state index in [9.17, 15) is 21.6 Å². The van der Waals surface area contributed by atoms with Gasteiger partial charge in [0.15, 0.2) is 0 Å². The molecule has 3 nitrogen and oxygen atoms in total. The van der Waals surface area contributed by atoms with E-state index in [1.165, 1.54) is 11.1 Å². The van der Waals surface area contributed by atoms with E-state index in [0.717, 1.165) is 35.6 Å². The second kappa shape index (κ2) is 6.01. The van der Waals surface area contributed by atoms with Gasteiger partial charge in [0, 0.05) is 6.42 Å². The molecule has 0 atom stereocenters. The van der Waals surface area contributed by atoms with Crippen molar-refractivity contribution in [1.29, 1.82) is 0 Å². The molecule has 0 unspecified atom stereocenters. The van der Waals surface area contributed by atoms with Crippen molar-refractivity contribution in [3.8, 4) is 0 Å². The lowest BCUT2D eigenvalue weighted by Crippen LogP contribution is -2.26. The Morgan fingerprint density at radius 3 is 2.31 bits per heavy atom. The third-order valence-corrected chi connectivity index (χ3v) is 6.10. The summed E-state index contributed by atoms with van der Waals surface area (Å²) < 4.78 is 65.8. The molecule has 0 aromatic heterocycles. The van der Waals surface area contributed by atoms with Gasteiger partial charge in [0.25, 0.3) is 0 Å². The highest BCUT2D eigenvalue weighted by Crippen LogP contribution is 2.41. The zero-order chi connectivity index (χ0) is 18.5. The van der Waals surface area contributed by atoms with Gasteiger partial charge in [-0.3, -0.25) is 0 Å². The third kappa shape index (κ3) is 2.78. The molecule has 7 heteroatoms. The summed E-state index contributed by atoms with van der Waals surface area (Å²) in [5.74, 6) is -0.0766. The van der Waals surface area contributed by atoms with Crippen LogP contribution >= 0.6 is 0 Å². The Morgan fingerprint density at radius 1 is 0.885 bits per heavy atom. The number of aryl methyl sites for hydroxylation is 2. The molecule has 4 rings (SSSR count). The maximum absolute atomic E-state index is 12.7. The number of allylic oxidation sites excluding steroid dienone is 2. The summed E-state index contributed by atoms with van der Waals surface area (Å²) in [6.45, 7) is 0. The smallest absolute Gasteiger partial charge is 0.380 e. The van der Waals surface area contributed by atoms with Crippen molar-refractivity contribution in [1.82, 2.24) is 0 Å². The summed E-state index contributed by atoms with van der Waals surface area (Å²) in [6, 6.07) is 9.82. The van der Waals surface area contributed by atoms with Crippen molar-refractivity contribution >= 4 is 26.5 Å². The second-order valence-electron chi connectivity index (χ2n) is 6.70. The van der Waals surface area contributed by atoms with Crippen molar-refractivity contribution < 1.29 is 25.8 Å². The van der Waals surface area contributed by atoms with Gasteiger partial charge < -0.3 is 4.18 Å². The first-order valence-electron chi connectivity index (χ1n) is 8.54. The lowest BCUT2D eigenvalue weighted by Gasteiger charge is -2.22. The first-order chi connectivity index (χ1) is 12.3. The molecule has 0 N–H and O–H groups in total. The van der Waals surface area contributed by atoms with E-state index in [1.807, 2.05) is 24.3 Å². The molecule has 0 fully saturated rings. The third-order valence-electron chi connectivity index (χ3n) is 5.11. The van der Waals surface area contributed by atoms with Gasteiger partial charge in [-0.2, -0.15) is 21.6 Å². The van der Waals surface area contributed by atoms with Crippen LogP contribution in [0, 0.1) is 0 Å². The Balaban J connectivity index is 1.88. The molecule has 0 bridgehead atoms. The fourth-order valence-corrected chi connectivity index (χ4v) is 4.49. The fraction of sp³-hybridized carbons (Fsp3) is 0.368. The van der Waals surface area contributed by atoms with Crippen LogP contribution in [0.5, 0.6) is 0 Å². The Kier molecular flexibility index (Phi) is 4.02. The number of hydrogen-bond acceptors (Lipinski definition) is 3. The lowest BCUT2D eigenvalue weighted by atomic mass is 9.88. The monoisotopic (exact) mass is 382 g/mol. The van der Waals surface area contributed by atoms with Gasteiger partial charge >= 0.3 is 15.6 Å². The molecule has 26 heavy (non-hydrogen) atoms. The summed E-state index contributed by atoms with van der Waals surface area (Å²) in [6.07, 6.45) is 3.97. The zero-order valence-electron chi connectivity index (χ0n) is 13.9. The molecule has 2 aromatic rings. The molecule has 0 saturated heterocycles. The van der Waals surface area contributed by atoms with Crippen LogP contribution in [-0.4, -0.2) is 13.9 Å². The Labute approximate surface area is 149 Å². The molecule has 0 radical (unpaired) electrons. The Hall–Kier alpha value is -2.02. The molecule has 0 amide bonds. The van der Waals surface area contributed by atoms with Crippen LogP contribution in [-0.2, 0) is 27.1 Å². The normalized spacial score (nSPS) is 17.8. The second-order valence-corrected chi connectivity index (χ2v) is 8.24. The van der Waals surface area contributed by atoms with Gasteiger partial charge in [0.05, 0.1) is 0 Å². The van der Waals surface area contributed by atoms with Crippen LogP contribution in [0.15, 0.2) is 36.1 Å². The maximum Gasteiger partial charge on any atom is 0.534 e. The number of halogens is 3. The van der Waals surface area contributed by atoms with Crippen LogP contribution in [0.25, 0.3) is 16.3 Å². The van der Waals surface area contributed by atoms with E-state index in [2.05, 4.69) is 10.2 Å². The van der Waals surface area contributed by atoms with E-state index in [-0.39, 0.29) is 12.2 Å². The van der Waals surface area contributed by atoms with E-state index in [1.54, 1.807) is 0 Å². The van der Waals surface area contributed by atoms with Crippen molar-refractivity contribution in [3.63, 3.8) is 0 Å². The average molecular weight is 382 g/mol. The largest absolute Gasteiger partial charge is 0.534 e. The van der Waals surface area contributed by atoms with E-state index in [4.69, 9.17) is 0 Å². The standard InChI is InChI=1S/C19H17F3O3S/c20-19(21,22)26(23,24)25-17-7-2-1-5-15(17)14-11-10-13-9-8-12-4-3-6-16(14)18(12)13/h3-4,6,10-11H,1-2,5,7-9H2. The van der Waals surface area contributed by atoms with Gasteiger partial charge in [0.1, 0.15) is 5.76 Å². The molecular weight excluding hydrogens is 365 g/mol. The molecule has 0 aliphatic heterocycles. The summed E-state index contributed by atoms with van der Waals surface area (Å²) in [5, 5.41) is 2.10. The number of alkyl halides is 3. The lowest BCUT2D eigenvalue weighted by molar-refractivity contribution is -0.0523. The zero-order valence-corrected chi connectivity index (χ0v) is 14.7. The van der Waals surface area contributed by atoms with Crippen molar-refractivity contribution in [2.24, 2.45) is 0 Å². The summed E-state index contributed by atoms with van der Waals surface area (Å²) in [4.78, 5) is 0. The highest BCUT2D eigenvalue weighted by atomic mass is 32.2. The summed E-state index contributed by atoms with van der Waals surface area (Å²) >= 11 is 0. The molecule has 2 aliphatic rings. The highest BCUT2D eigenvalue weighted by molar-refractivity contribution is 7.87. The van der Waals surface area contributed by atoms with Crippen molar-refractivity contribution in [3.05, 3.63) is 52.8 Å². The van der Waals surface area contributed by atoms with E-state index in [0.29, 0.717) is 18.4 Å². The van der Waals surface area contributed by atoms with E-state index >= 15 is 0 Å². The summed E-state index contributed by atoms with van der Waals surface area (Å²) in [5.41, 5.74) is -1.63. The topological polar surface area (TPSA) is 43.4 Å². The van der Waals surface area contributed by atoms with Gasteiger partial charge in [-0.1, -0.05) is 30.3 Å². The Morgan fingerprint density at radius 2 is 1.58 bits per heavy atom. The number of hydrogen-bond donors (Lipinski definition) is 0. The molecule has 2 aliphatic carbocycles. The van der Waals surface area contributed by atoms with Gasteiger partial charge in [-0.15, -0.1) is 0 Å². The molecule has 138 valence electrons. The summed E-state index contributed by atoms with van der Waals surface area (Å²) in [7, 11) is -5.65. The number of rotatable bonds is 3. The van der Waals surface area contributed by atoms with Gasteiger partial charge in [-0.25, -0.2) is 0 Å². The van der Waals surface area contributed by atoms with Gasteiger partial charge in [-0.05, 0) is 65.1 Å². The Bertz CT molecular complexity index is 1010.